The summed E-state index contributed by atoms with van der Waals surface area (Å²) >= 11 is 6.31. The molecular formula is C14H21ClN4. The fourth-order valence-corrected chi connectivity index (χ4v) is 3.45. The Labute approximate surface area is 118 Å². The van der Waals surface area contributed by atoms with Crippen molar-refractivity contribution in [3.8, 4) is 0 Å². The fraction of sp³-hybridized carbons (Fsp3) is 0.714. The SMILES string of the molecule is Cc1nn(C)c2c1nc(C(C)Cl)n2CC1CCCC1. The molecule has 2 heterocycles. The fourth-order valence-electron chi connectivity index (χ4n) is 3.29. The van der Waals surface area contributed by atoms with Crippen LogP contribution in [0, 0.1) is 12.8 Å². The summed E-state index contributed by atoms with van der Waals surface area (Å²) in [4.78, 5) is 4.72. The molecule has 2 aromatic heterocycles. The van der Waals surface area contributed by atoms with Crippen molar-refractivity contribution < 1.29 is 0 Å². The van der Waals surface area contributed by atoms with Crippen molar-refractivity contribution in [2.24, 2.45) is 13.0 Å². The maximum atomic E-state index is 6.31. The van der Waals surface area contributed by atoms with Crippen LogP contribution in [0.3, 0.4) is 0 Å². The Kier molecular flexibility index (Phi) is 3.29. The molecule has 2 aromatic rings. The highest BCUT2D eigenvalue weighted by molar-refractivity contribution is 6.20. The third kappa shape index (κ3) is 2.16. The summed E-state index contributed by atoms with van der Waals surface area (Å²) in [7, 11) is 1.99. The van der Waals surface area contributed by atoms with Gasteiger partial charge in [0.2, 0.25) is 0 Å². The maximum Gasteiger partial charge on any atom is 0.158 e. The van der Waals surface area contributed by atoms with Crippen LogP contribution in [-0.4, -0.2) is 19.3 Å². The summed E-state index contributed by atoms with van der Waals surface area (Å²) in [5.41, 5.74) is 3.11. The number of fused-ring (bicyclic) bond motifs is 1. The lowest BCUT2D eigenvalue weighted by molar-refractivity contribution is 0.449. The summed E-state index contributed by atoms with van der Waals surface area (Å²) in [5.74, 6) is 1.75. The molecular weight excluding hydrogens is 260 g/mol. The zero-order valence-electron chi connectivity index (χ0n) is 11.9. The van der Waals surface area contributed by atoms with Crippen molar-refractivity contribution in [2.45, 2.75) is 51.5 Å². The van der Waals surface area contributed by atoms with E-state index in [1.807, 2.05) is 25.6 Å². The van der Waals surface area contributed by atoms with Gasteiger partial charge in [-0.25, -0.2) is 4.98 Å². The molecule has 5 heteroatoms. The van der Waals surface area contributed by atoms with Crippen LogP contribution in [0.5, 0.6) is 0 Å². The highest BCUT2D eigenvalue weighted by Gasteiger charge is 2.23. The number of aryl methyl sites for hydroxylation is 2. The van der Waals surface area contributed by atoms with Gasteiger partial charge in [0.05, 0.1) is 11.1 Å². The van der Waals surface area contributed by atoms with E-state index in [4.69, 9.17) is 16.6 Å². The van der Waals surface area contributed by atoms with E-state index in [9.17, 15) is 0 Å². The molecule has 1 fully saturated rings. The van der Waals surface area contributed by atoms with Crippen LogP contribution in [0.4, 0.5) is 0 Å². The molecule has 4 nitrogen and oxygen atoms in total. The average molecular weight is 281 g/mol. The molecule has 0 amide bonds. The van der Waals surface area contributed by atoms with Crippen LogP contribution in [0.25, 0.3) is 11.2 Å². The lowest BCUT2D eigenvalue weighted by atomic mass is 10.1. The minimum absolute atomic E-state index is 0.0618. The Morgan fingerprint density at radius 3 is 2.68 bits per heavy atom. The van der Waals surface area contributed by atoms with E-state index in [1.54, 1.807) is 0 Å². The largest absolute Gasteiger partial charge is 0.311 e. The van der Waals surface area contributed by atoms with E-state index in [0.717, 1.165) is 35.1 Å². The molecule has 1 saturated carbocycles. The van der Waals surface area contributed by atoms with E-state index in [-0.39, 0.29) is 5.38 Å². The third-order valence-electron chi connectivity index (χ3n) is 4.19. The molecule has 1 aliphatic carbocycles. The first kappa shape index (κ1) is 13.0. The Morgan fingerprint density at radius 2 is 2.05 bits per heavy atom. The topological polar surface area (TPSA) is 35.6 Å². The van der Waals surface area contributed by atoms with Crippen LogP contribution in [0.1, 0.15) is 49.5 Å². The Balaban J connectivity index is 2.09. The minimum atomic E-state index is -0.0618. The summed E-state index contributed by atoms with van der Waals surface area (Å²) < 4.78 is 4.23. The Morgan fingerprint density at radius 1 is 1.37 bits per heavy atom. The van der Waals surface area contributed by atoms with Crippen molar-refractivity contribution >= 4 is 22.8 Å². The highest BCUT2D eigenvalue weighted by atomic mass is 35.5. The third-order valence-corrected chi connectivity index (χ3v) is 4.39. The van der Waals surface area contributed by atoms with E-state index in [0.29, 0.717) is 0 Å². The molecule has 19 heavy (non-hydrogen) atoms. The zero-order chi connectivity index (χ0) is 13.6. The van der Waals surface area contributed by atoms with Gasteiger partial charge in [-0.05, 0) is 32.6 Å². The number of halogens is 1. The minimum Gasteiger partial charge on any atom is -0.311 e. The first-order valence-corrected chi connectivity index (χ1v) is 7.55. The number of nitrogens with zero attached hydrogens (tertiary/aromatic N) is 4. The first-order valence-electron chi connectivity index (χ1n) is 7.11. The molecule has 1 atom stereocenters. The molecule has 104 valence electrons. The number of rotatable bonds is 3. The van der Waals surface area contributed by atoms with Gasteiger partial charge in [0.15, 0.2) is 5.65 Å². The second-order valence-electron chi connectivity index (χ2n) is 5.73. The molecule has 0 N–H and O–H groups in total. The van der Waals surface area contributed by atoms with Gasteiger partial charge in [0.25, 0.3) is 0 Å². The first-order chi connectivity index (χ1) is 9.08. The predicted molar refractivity (Wildman–Crippen MR) is 77.5 cm³/mol. The van der Waals surface area contributed by atoms with Gasteiger partial charge in [-0.15, -0.1) is 11.6 Å². The molecule has 0 aromatic carbocycles. The van der Waals surface area contributed by atoms with E-state index < -0.39 is 0 Å². The van der Waals surface area contributed by atoms with Gasteiger partial charge in [-0.1, -0.05) is 12.8 Å². The number of imidazole rings is 1. The van der Waals surface area contributed by atoms with E-state index in [1.165, 1.54) is 25.7 Å². The standard InChI is InChI=1S/C14H21ClN4/c1-9(15)13-16-12-10(2)17-18(3)14(12)19(13)8-11-6-4-5-7-11/h9,11H,4-8H2,1-3H3. The smallest absolute Gasteiger partial charge is 0.158 e. The molecule has 1 unspecified atom stereocenters. The van der Waals surface area contributed by atoms with Gasteiger partial charge in [0, 0.05) is 13.6 Å². The number of alkyl halides is 1. The van der Waals surface area contributed by atoms with Crippen LogP contribution in [-0.2, 0) is 13.6 Å². The molecule has 3 rings (SSSR count). The number of hydrogen-bond donors (Lipinski definition) is 0. The second-order valence-corrected chi connectivity index (χ2v) is 6.38. The normalized spacial score (nSPS) is 18.5. The summed E-state index contributed by atoms with van der Waals surface area (Å²) in [6.07, 6.45) is 5.37. The number of aromatic nitrogens is 4. The summed E-state index contributed by atoms with van der Waals surface area (Å²) in [6.45, 7) is 5.04. The molecule has 0 spiro atoms. The average Bonchev–Trinajstić information content (AvgIpc) is 3.00. The van der Waals surface area contributed by atoms with Crippen LogP contribution >= 0.6 is 11.6 Å². The van der Waals surface area contributed by atoms with Crippen molar-refractivity contribution in [1.29, 1.82) is 0 Å². The van der Waals surface area contributed by atoms with Gasteiger partial charge in [-0.2, -0.15) is 5.10 Å². The Bertz CT molecular complexity index is 590. The van der Waals surface area contributed by atoms with Crippen LogP contribution < -0.4 is 0 Å². The lowest BCUT2D eigenvalue weighted by Crippen LogP contribution is -2.13. The van der Waals surface area contributed by atoms with E-state index >= 15 is 0 Å². The monoisotopic (exact) mass is 280 g/mol. The summed E-state index contributed by atoms with van der Waals surface area (Å²) in [6, 6.07) is 0. The quantitative estimate of drug-likeness (QED) is 0.806. The van der Waals surface area contributed by atoms with E-state index in [2.05, 4.69) is 9.67 Å². The predicted octanol–water partition coefficient (Wildman–Crippen LogP) is 3.57. The van der Waals surface area contributed by atoms with Gasteiger partial charge in [0.1, 0.15) is 11.3 Å². The zero-order valence-corrected chi connectivity index (χ0v) is 12.6. The van der Waals surface area contributed by atoms with Gasteiger partial charge >= 0.3 is 0 Å². The molecule has 0 radical (unpaired) electrons. The van der Waals surface area contributed by atoms with Crippen molar-refractivity contribution in [3.05, 3.63) is 11.5 Å². The lowest BCUT2D eigenvalue weighted by Gasteiger charge is -2.15. The Hall–Kier alpha value is -1.03. The highest BCUT2D eigenvalue weighted by Crippen LogP contribution is 2.31. The molecule has 1 aliphatic rings. The van der Waals surface area contributed by atoms with Gasteiger partial charge in [-0.3, -0.25) is 4.68 Å². The van der Waals surface area contributed by atoms with Crippen molar-refractivity contribution in [1.82, 2.24) is 19.3 Å². The van der Waals surface area contributed by atoms with Gasteiger partial charge < -0.3 is 4.57 Å². The van der Waals surface area contributed by atoms with Crippen molar-refractivity contribution in [2.75, 3.05) is 0 Å². The van der Waals surface area contributed by atoms with Crippen LogP contribution in [0.2, 0.25) is 0 Å². The number of hydrogen-bond acceptors (Lipinski definition) is 2. The molecule has 0 aliphatic heterocycles. The molecule has 0 bridgehead atoms. The van der Waals surface area contributed by atoms with Crippen LogP contribution in [0.15, 0.2) is 0 Å². The second kappa shape index (κ2) is 4.82. The molecule has 0 saturated heterocycles. The summed E-state index contributed by atoms with van der Waals surface area (Å²) in [5, 5.41) is 4.41. The maximum absolute atomic E-state index is 6.31. The van der Waals surface area contributed by atoms with Crippen molar-refractivity contribution in [3.63, 3.8) is 0 Å².